The van der Waals surface area contributed by atoms with Crippen molar-refractivity contribution in [1.82, 2.24) is 5.32 Å². The van der Waals surface area contributed by atoms with Gasteiger partial charge in [0.15, 0.2) is 0 Å². The molecule has 0 bridgehead atoms. The smallest absolute Gasteiger partial charge is 0.123 e. The molecule has 2 aromatic rings. The van der Waals surface area contributed by atoms with E-state index in [0.717, 1.165) is 17.9 Å². The summed E-state index contributed by atoms with van der Waals surface area (Å²) in [7, 11) is 0. The molecule has 2 rings (SSSR count). The largest absolute Gasteiger partial charge is 0.489 e. The fourth-order valence-corrected chi connectivity index (χ4v) is 1.87. The number of rotatable bonds is 7. The van der Waals surface area contributed by atoms with Crippen LogP contribution in [0.5, 0.6) is 5.75 Å². The second-order valence-electron chi connectivity index (χ2n) is 5.08. The minimum absolute atomic E-state index is 0.244. The van der Waals surface area contributed by atoms with E-state index in [1.807, 2.05) is 30.3 Å². The van der Waals surface area contributed by atoms with Crippen LogP contribution in [0.2, 0.25) is 0 Å². The molecule has 1 atom stereocenters. The van der Waals surface area contributed by atoms with E-state index in [9.17, 15) is 4.39 Å². The van der Waals surface area contributed by atoms with Crippen molar-refractivity contribution in [2.75, 3.05) is 6.54 Å². The third kappa shape index (κ3) is 5.17. The monoisotopic (exact) mass is 288 g/mol. The Kier molecular flexibility index (Phi) is 5.72. The van der Waals surface area contributed by atoms with Crippen molar-refractivity contribution in [3.63, 3.8) is 0 Å². The van der Waals surface area contributed by atoms with E-state index in [1.54, 1.807) is 6.07 Å². The van der Waals surface area contributed by atoms with Gasteiger partial charge in [-0.3, -0.25) is 0 Å². The minimum atomic E-state index is -0.244. The molecule has 0 aliphatic carbocycles. The number of hydrogen-bond acceptors (Lipinski definition) is 3. The van der Waals surface area contributed by atoms with Crippen LogP contribution >= 0.6 is 0 Å². The van der Waals surface area contributed by atoms with E-state index in [0.29, 0.717) is 19.2 Å². The molecule has 0 spiro atoms. The lowest BCUT2D eigenvalue weighted by Crippen LogP contribution is -2.32. The molecule has 112 valence electrons. The van der Waals surface area contributed by atoms with E-state index < -0.39 is 0 Å². The van der Waals surface area contributed by atoms with Crippen molar-refractivity contribution >= 4 is 0 Å². The maximum absolute atomic E-state index is 13.1. The summed E-state index contributed by atoms with van der Waals surface area (Å²) >= 11 is 0. The van der Waals surface area contributed by atoms with Crippen molar-refractivity contribution in [2.45, 2.75) is 26.1 Å². The van der Waals surface area contributed by atoms with E-state index in [1.165, 1.54) is 17.7 Å². The van der Waals surface area contributed by atoms with Crippen LogP contribution < -0.4 is 15.8 Å². The third-order valence-corrected chi connectivity index (χ3v) is 3.23. The van der Waals surface area contributed by atoms with Crippen LogP contribution in [0.15, 0.2) is 48.5 Å². The first-order chi connectivity index (χ1) is 10.2. The highest BCUT2D eigenvalue weighted by molar-refractivity contribution is 5.27. The Hall–Kier alpha value is -1.91. The van der Waals surface area contributed by atoms with E-state index in [4.69, 9.17) is 10.5 Å². The fourth-order valence-electron chi connectivity index (χ4n) is 1.87. The summed E-state index contributed by atoms with van der Waals surface area (Å²) in [6.45, 7) is 3.81. The van der Waals surface area contributed by atoms with Gasteiger partial charge < -0.3 is 15.8 Å². The molecular formula is C17H21FN2O. The summed E-state index contributed by atoms with van der Waals surface area (Å²) in [4.78, 5) is 0. The van der Waals surface area contributed by atoms with Crippen molar-refractivity contribution in [2.24, 2.45) is 5.73 Å². The van der Waals surface area contributed by atoms with Crippen molar-refractivity contribution < 1.29 is 9.13 Å². The van der Waals surface area contributed by atoms with Crippen LogP contribution in [0.1, 0.15) is 18.1 Å². The van der Waals surface area contributed by atoms with E-state index in [2.05, 4.69) is 12.2 Å². The maximum Gasteiger partial charge on any atom is 0.123 e. The molecule has 0 aromatic heterocycles. The summed E-state index contributed by atoms with van der Waals surface area (Å²) in [5, 5.41) is 3.32. The molecule has 4 heteroatoms. The molecule has 0 aliphatic heterocycles. The van der Waals surface area contributed by atoms with Crippen LogP contribution in [-0.2, 0) is 13.2 Å². The number of nitrogens with one attached hydrogen (secondary N) is 1. The van der Waals surface area contributed by atoms with Crippen molar-refractivity contribution in [3.8, 4) is 5.75 Å². The van der Waals surface area contributed by atoms with Gasteiger partial charge in [0.05, 0.1) is 0 Å². The Morgan fingerprint density at radius 2 is 1.90 bits per heavy atom. The van der Waals surface area contributed by atoms with Gasteiger partial charge in [0.2, 0.25) is 0 Å². The second kappa shape index (κ2) is 7.76. The highest BCUT2D eigenvalue weighted by atomic mass is 19.1. The molecule has 21 heavy (non-hydrogen) atoms. The molecule has 0 saturated heterocycles. The number of hydrogen-bond donors (Lipinski definition) is 2. The first-order valence-electron chi connectivity index (χ1n) is 7.07. The first kappa shape index (κ1) is 15.5. The van der Waals surface area contributed by atoms with Crippen molar-refractivity contribution in [1.29, 1.82) is 0 Å². The summed E-state index contributed by atoms with van der Waals surface area (Å²) in [5.41, 5.74) is 7.55. The van der Waals surface area contributed by atoms with Crippen LogP contribution in [0.3, 0.4) is 0 Å². The zero-order valence-corrected chi connectivity index (χ0v) is 12.2. The van der Waals surface area contributed by atoms with Gasteiger partial charge in [-0.05, 0) is 42.3 Å². The quantitative estimate of drug-likeness (QED) is 0.823. The minimum Gasteiger partial charge on any atom is -0.489 e. The van der Waals surface area contributed by atoms with Gasteiger partial charge in [0, 0.05) is 19.1 Å². The standard InChI is InChI=1S/C17H21FN2O/c1-13(10-19)20-11-14-5-7-17(8-6-14)21-12-15-3-2-4-16(18)9-15/h2-9,13,20H,10-12,19H2,1H3/t13-/m0/s1. The zero-order valence-electron chi connectivity index (χ0n) is 12.2. The third-order valence-electron chi connectivity index (χ3n) is 3.23. The van der Waals surface area contributed by atoms with E-state index in [-0.39, 0.29) is 5.82 Å². The van der Waals surface area contributed by atoms with Gasteiger partial charge in [0.1, 0.15) is 18.2 Å². The maximum atomic E-state index is 13.1. The van der Waals surface area contributed by atoms with Gasteiger partial charge in [-0.1, -0.05) is 24.3 Å². The molecule has 0 aliphatic rings. The number of ether oxygens (including phenoxy) is 1. The Balaban J connectivity index is 1.85. The Morgan fingerprint density at radius 3 is 2.57 bits per heavy atom. The zero-order chi connectivity index (χ0) is 15.1. The topological polar surface area (TPSA) is 47.3 Å². The highest BCUT2D eigenvalue weighted by Gasteiger charge is 2.00. The molecule has 2 aromatic carbocycles. The van der Waals surface area contributed by atoms with Crippen LogP contribution in [-0.4, -0.2) is 12.6 Å². The molecule has 3 N–H and O–H groups in total. The number of nitrogens with two attached hydrogens (primary N) is 1. The lowest BCUT2D eigenvalue weighted by molar-refractivity contribution is 0.305. The molecule has 0 heterocycles. The van der Waals surface area contributed by atoms with E-state index >= 15 is 0 Å². The van der Waals surface area contributed by atoms with Gasteiger partial charge in [0.25, 0.3) is 0 Å². The van der Waals surface area contributed by atoms with Crippen LogP contribution in [0.4, 0.5) is 4.39 Å². The Labute approximate surface area is 124 Å². The first-order valence-corrected chi connectivity index (χ1v) is 7.07. The molecule has 3 nitrogen and oxygen atoms in total. The summed E-state index contributed by atoms with van der Waals surface area (Å²) in [6, 6.07) is 14.6. The molecule has 0 unspecified atom stereocenters. The predicted octanol–water partition coefficient (Wildman–Crippen LogP) is 2.84. The van der Waals surface area contributed by atoms with Gasteiger partial charge >= 0.3 is 0 Å². The fraction of sp³-hybridized carbons (Fsp3) is 0.294. The molecule has 0 saturated carbocycles. The number of halogens is 1. The van der Waals surface area contributed by atoms with Crippen molar-refractivity contribution in [3.05, 3.63) is 65.5 Å². The Bertz CT molecular complexity index is 557. The summed E-state index contributed by atoms with van der Waals surface area (Å²) in [6.07, 6.45) is 0. The average molecular weight is 288 g/mol. The summed E-state index contributed by atoms with van der Waals surface area (Å²) < 4.78 is 18.7. The van der Waals surface area contributed by atoms with Gasteiger partial charge in [-0.2, -0.15) is 0 Å². The predicted molar refractivity (Wildman–Crippen MR) is 82.5 cm³/mol. The highest BCUT2D eigenvalue weighted by Crippen LogP contribution is 2.14. The lowest BCUT2D eigenvalue weighted by atomic mass is 10.2. The molecule has 0 fully saturated rings. The average Bonchev–Trinajstić information content (AvgIpc) is 2.51. The van der Waals surface area contributed by atoms with Crippen LogP contribution in [0, 0.1) is 5.82 Å². The normalized spacial score (nSPS) is 12.1. The second-order valence-corrected chi connectivity index (χ2v) is 5.08. The lowest BCUT2D eigenvalue weighted by Gasteiger charge is -2.11. The van der Waals surface area contributed by atoms with Gasteiger partial charge in [-0.25, -0.2) is 4.39 Å². The molecular weight excluding hydrogens is 267 g/mol. The Morgan fingerprint density at radius 1 is 1.14 bits per heavy atom. The summed E-state index contributed by atoms with van der Waals surface area (Å²) in [5.74, 6) is 0.529. The SMILES string of the molecule is C[C@@H](CN)NCc1ccc(OCc2cccc(F)c2)cc1. The molecule has 0 radical (unpaired) electrons. The van der Waals surface area contributed by atoms with Gasteiger partial charge in [-0.15, -0.1) is 0 Å². The number of benzene rings is 2. The van der Waals surface area contributed by atoms with Crippen LogP contribution in [0.25, 0.3) is 0 Å². The molecule has 0 amide bonds.